The summed E-state index contributed by atoms with van der Waals surface area (Å²) in [6.45, 7) is 30.6. The van der Waals surface area contributed by atoms with Crippen LogP contribution >= 0.6 is 0 Å². The Morgan fingerprint density at radius 2 is 0.746 bits per heavy atom. The van der Waals surface area contributed by atoms with Gasteiger partial charge in [0, 0.05) is 0 Å². The number of hydrazone groups is 1. The molecule has 5 aromatic rings. The maximum absolute atomic E-state index is 11.7. The van der Waals surface area contributed by atoms with Crippen molar-refractivity contribution in [2.75, 3.05) is 5.12 Å². The van der Waals surface area contributed by atoms with E-state index in [4.69, 9.17) is 5.10 Å². The van der Waals surface area contributed by atoms with Crippen LogP contribution in [-0.4, -0.2) is 36.4 Å². The van der Waals surface area contributed by atoms with Gasteiger partial charge in [-0.05, 0) is 97.5 Å². The van der Waals surface area contributed by atoms with E-state index >= 15 is 0 Å². The SMILES string of the molecule is CC(C)c1cc(C(C)C)c(O)c(C2=[C-]C(c3c(O)c(C(C)C)cc(C(C)C)c3O)=NN(c3c(O)c(C(C)C)cc(C(C)C)c3O)N2)c1O.[CH2-]c1ccccc1.[CH2-]c1ccccc1.[Zr+3]. The van der Waals surface area contributed by atoms with Gasteiger partial charge in [0.2, 0.25) is 0 Å². The molecule has 1 aliphatic heterocycles. The Hall–Kier alpha value is -5.47. The molecule has 0 saturated carbocycles. The number of rotatable bonds is 9. The standard InChI is InChI=1S/C39H52N3O6.2C7H7.Zr/c1-17(2)23-13-24(18(3)4)35(44)31(34(23)43)29-16-30(32-36(45)25(19(5)6)14-26(20(7)8)37(32)46)41-42(40-29)33-38(47)27(21(9)10)15-28(22(11)12)39(33)48;2*1-7-5-3-2-4-6-7;/h13-15,17-22,40,43-48H,1-12H3;2*2-6H,1H2;/q3*-1;+3. The molecule has 63 heavy (non-hydrogen) atoms. The molecular weight excluding hydrogens is 866 g/mol. The number of phenolic OH excluding ortho intramolecular Hbond substituents is 6. The molecule has 5 aromatic carbocycles. The minimum atomic E-state index is -0.219. The van der Waals surface area contributed by atoms with Gasteiger partial charge < -0.3 is 36.1 Å². The zero-order chi connectivity index (χ0) is 46.3. The van der Waals surface area contributed by atoms with Crippen molar-refractivity contribution < 1.29 is 56.8 Å². The summed E-state index contributed by atoms with van der Waals surface area (Å²) in [5, 5.41) is 75.9. The van der Waals surface area contributed by atoms with Crippen molar-refractivity contribution in [2.24, 2.45) is 5.10 Å². The fourth-order valence-corrected chi connectivity index (χ4v) is 7.10. The number of benzene rings is 5. The molecule has 10 heteroatoms. The third-order valence-electron chi connectivity index (χ3n) is 10.7. The summed E-state index contributed by atoms with van der Waals surface area (Å²) in [7, 11) is 0. The van der Waals surface area contributed by atoms with Gasteiger partial charge in [-0.25, -0.2) is 0 Å². The first-order chi connectivity index (χ1) is 29.1. The van der Waals surface area contributed by atoms with Crippen LogP contribution in [0.1, 0.15) is 174 Å². The number of hydrogen-bond acceptors (Lipinski definition) is 9. The molecule has 0 aromatic heterocycles. The Morgan fingerprint density at radius 1 is 0.460 bits per heavy atom. The maximum atomic E-state index is 11.7. The molecule has 9 nitrogen and oxygen atoms in total. The van der Waals surface area contributed by atoms with Crippen LogP contribution in [0.15, 0.2) is 84.0 Å². The number of nitrogens with zero attached hydrogens (tertiary/aromatic N) is 2. The number of hydrazine groups is 1. The molecule has 0 saturated heterocycles. The van der Waals surface area contributed by atoms with Crippen molar-refractivity contribution >= 4 is 17.1 Å². The predicted octanol–water partition coefficient (Wildman–Crippen LogP) is 13.0. The molecule has 0 fully saturated rings. The zero-order valence-corrected chi connectivity index (χ0v) is 41.4. The van der Waals surface area contributed by atoms with E-state index in [-0.39, 0.29) is 124 Å². The number of anilines is 1. The fourth-order valence-electron chi connectivity index (χ4n) is 7.10. The number of nitrogens with one attached hydrogen (secondary N) is 1. The molecule has 1 heterocycles. The quantitative estimate of drug-likeness (QED) is 0.0723. The molecule has 7 N–H and O–H groups in total. The van der Waals surface area contributed by atoms with Gasteiger partial charge in [-0.1, -0.05) is 107 Å². The third kappa shape index (κ3) is 12.0. The van der Waals surface area contributed by atoms with E-state index in [1.807, 2.05) is 144 Å². The maximum Gasteiger partial charge on any atom is 3.00 e. The van der Waals surface area contributed by atoms with Crippen LogP contribution in [0.3, 0.4) is 0 Å². The first-order valence-corrected chi connectivity index (χ1v) is 21.4. The molecule has 0 amide bonds. The van der Waals surface area contributed by atoms with Crippen LogP contribution in [0.5, 0.6) is 34.5 Å². The van der Waals surface area contributed by atoms with Crippen LogP contribution in [0.25, 0.3) is 5.70 Å². The van der Waals surface area contributed by atoms with Crippen molar-refractivity contribution in [2.45, 2.75) is 119 Å². The number of aromatic hydroxyl groups is 6. The van der Waals surface area contributed by atoms with Crippen molar-refractivity contribution in [1.29, 1.82) is 0 Å². The Kier molecular flexibility index (Phi) is 18.3. The third-order valence-corrected chi connectivity index (χ3v) is 10.7. The molecule has 1 radical (unpaired) electrons. The van der Waals surface area contributed by atoms with Gasteiger partial charge in [-0.15, -0.1) is 30.3 Å². The monoisotopic (exact) mass is 930 g/mol. The van der Waals surface area contributed by atoms with Gasteiger partial charge in [-0.2, -0.15) is 59.5 Å². The van der Waals surface area contributed by atoms with E-state index < -0.39 is 0 Å². The van der Waals surface area contributed by atoms with E-state index in [1.54, 1.807) is 18.2 Å². The van der Waals surface area contributed by atoms with E-state index in [0.29, 0.717) is 33.4 Å². The normalized spacial score (nSPS) is 12.4. The molecule has 0 spiro atoms. The summed E-state index contributed by atoms with van der Waals surface area (Å²) in [4.78, 5) is 0. The smallest absolute Gasteiger partial charge is 0.520 e. The first kappa shape index (κ1) is 51.9. The van der Waals surface area contributed by atoms with Gasteiger partial charge in [-0.3, -0.25) is 0 Å². The van der Waals surface area contributed by atoms with E-state index in [9.17, 15) is 30.6 Å². The van der Waals surface area contributed by atoms with Gasteiger partial charge in [0.15, 0.2) is 5.69 Å². The van der Waals surface area contributed by atoms with Gasteiger partial charge >= 0.3 is 26.2 Å². The number of hydrogen-bond donors (Lipinski definition) is 7. The van der Waals surface area contributed by atoms with Gasteiger partial charge in [0.25, 0.3) is 0 Å². The molecule has 0 atom stereocenters. The van der Waals surface area contributed by atoms with E-state index in [1.165, 1.54) is 0 Å². The van der Waals surface area contributed by atoms with Gasteiger partial charge in [0.1, 0.15) is 11.5 Å². The van der Waals surface area contributed by atoms with Crippen LogP contribution in [0.2, 0.25) is 0 Å². The van der Waals surface area contributed by atoms with Crippen molar-refractivity contribution in [3.05, 3.63) is 154 Å². The summed E-state index contributed by atoms with van der Waals surface area (Å²) >= 11 is 0. The summed E-state index contributed by atoms with van der Waals surface area (Å²) in [6, 6.07) is 25.1. The van der Waals surface area contributed by atoms with Crippen LogP contribution < -0.4 is 10.5 Å². The molecule has 1 aliphatic rings. The van der Waals surface area contributed by atoms with Crippen LogP contribution in [0, 0.1) is 19.9 Å². The summed E-state index contributed by atoms with van der Waals surface area (Å²) < 4.78 is 0. The van der Waals surface area contributed by atoms with Crippen molar-refractivity contribution in [1.82, 2.24) is 5.43 Å². The molecule has 0 aliphatic carbocycles. The second-order valence-electron chi connectivity index (χ2n) is 17.6. The first-order valence-electron chi connectivity index (χ1n) is 21.4. The fraction of sp³-hybridized carbons (Fsp3) is 0.340. The largest absolute Gasteiger partial charge is 3.00 e. The Labute approximate surface area is 395 Å². The Bertz CT molecular complexity index is 2250. The topological polar surface area (TPSA) is 149 Å². The molecule has 0 bridgehead atoms. The molecule has 0 unspecified atom stereocenters. The van der Waals surface area contributed by atoms with Crippen molar-refractivity contribution in [3.63, 3.8) is 0 Å². The predicted molar refractivity (Wildman–Crippen MR) is 254 cm³/mol. The summed E-state index contributed by atoms with van der Waals surface area (Å²) in [5.41, 5.74) is 8.74. The van der Waals surface area contributed by atoms with E-state index in [2.05, 4.69) is 25.3 Å². The summed E-state index contributed by atoms with van der Waals surface area (Å²) in [6.07, 6.45) is 3.14. The molecule has 333 valence electrons. The van der Waals surface area contributed by atoms with Crippen molar-refractivity contribution in [3.8, 4) is 34.5 Å². The average molecular weight is 932 g/mol. The Balaban J connectivity index is 0.000000593. The second-order valence-corrected chi connectivity index (χ2v) is 17.6. The molecular formula is C53H66N3O6Zr. The number of phenols is 6. The average Bonchev–Trinajstić information content (AvgIpc) is 3.18. The molecule has 6 rings (SSSR count). The zero-order valence-electron chi connectivity index (χ0n) is 39.0. The van der Waals surface area contributed by atoms with Crippen LogP contribution in [-0.2, 0) is 26.2 Å². The van der Waals surface area contributed by atoms with E-state index in [0.717, 1.165) is 16.2 Å². The van der Waals surface area contributed by atoms with Crippen LogP contribution in [0.4, 0.5) is 5.69 Å². The minimum absolute atomic E-state index is 0. The minimum Gasteiger partial charge on any atom is -0.520 e. The summed E-state index contributed by atoms with van der Waals surface area (Å²) in [5.74, 6) is -1.87. The Morgan fingerprint density at radius 3 is 1.02 bits per heavy atom. The number of allylic oxidation sites excluding steroid dienone is 1. The van der Waals surface area contributed by atoms with Gasteiger partial charge in [0.05, 0.1) is 23.0 Å². The second kappa shape index (κ2) is 22.2.